The number of fused-ring (bicyclic) bond motifs is 1. The summed E-state index contributed by atoms with van der Waals surface area (Å²) in [6.45, 7) is 5.24. The van der Waals surface area contributed by atoms with Crippen molar-refractivity contribution in [1.29, 1.82) is 0 Å². The molecule has 0 radical (unpaired) electrons. The van der Waals surface area contributed by atoms with E-state index >= 15 is 0 Å². The molecule has 1 aliphatic rings. The monoisotopic (exact) mass is 666 g/mol. The van der Waals surface area contributed by atoms with Crippen LogP contribution in [0.4, 0.5) is 0 Å². The molecule has 4 rings (SSSR count). The third kappa shape index (κ3) is 8.28. The van der Waals surface area contributed by atoms with Gasteiger partial charge in [0.2, 0.25) is 17.6 Å². The zero-order chi connectivity index (χ0) is 34.8. The second-order valence-corrected chi connectivity index (χ2v) is 11.8. The lowest BCUT2D eigenvalue weighted by atomic mass is 9.98. The van der Waals surface area contributed by atoms with Gasteiger partial charge in [0.1, 0.15) is 6.04 Å². The number of amides is 4. The smallest absolute Gasteiger partial charge is 0.326 e. The first-order valence-electron chi connectivity index (χ1n) is 16.3. The van der Waals surface area contributed by atoms with Crippen molar-refractivity contribution < 1.29 is 33.4 Å². The highest BCUT2D eigenvalue weighted by molar-refractivity contribution is 5.99. The van der Waals surface area contributed by atoms with Gasteiger partial charge in [-0.25, -0.2) is 4.79 Å². The Bertz CT molecular complexity index is 1680. The molecule has 2 heterocycles. The summed E-state index contributed by atoms with van der Waals surface area (Å²) < 4.78 is 17.9. The summed E-state index contributed by atoms with van der Waals surface area (Å²) in [6, 6.07) is 7.49. The normalized spacial score (nSPS) is 17.9. The summed E-state index contributed by atoms with van der Waals surface area (Å²) in [5.74, 6) is -0.478. The lowest BCUT2D eigenvalue weighted by molar-refractivity contribution is -0.130. The molecule has 0 fully saturated rings. The van der Waals surface area contributed by atoms with Crippen LogP contribution in [0.3, 0.4) is 0 Å². The molecular weight excluding hydrogens is 620 g/mol. The van der Waals surface area contributed by atoms with Gasteiger partial charge >= 0.3 is 5.69 Å². The highest BCUT2D eigenvalue weighted by Gasteiger charge is 2.27. The van der Waals surface area contributed by atoms with Gasteiger partial charge in [0.05, 0.1) is 37.9 Å². The first-order valence-corrected chi connectivity index (χ1v) is 16.3. The number of hydrogen-bond donors (Lipinski definition) is 4. The van der Waals surface area contributed by atoms with Crippen LogP contribution in [-0.2, 0) is 16.1 Å². The summed E-state index contributed by atoms with van der Waals surface area (Å²) in [7, 11) is 4.38. The Morgan fingerprint density at radius 1 is 0.896 bits per heavy atom. The molecule has 3 aromatic rings. The Hall–Kier alpha value is -5.01. The van der Waals surface area contributed by atoms with E-state index in [0.29, 0.717) is 54.6 Å². The largest absolute Gasteiger partial charge is 0.493 e. The van der Waals surface area contributed by atoms with Gasteiger partial charge in [0, 0.05) is 44.7 Å². The predicted molar refractivity (Wildman–Crippen MR) is 180 cm³/mol. The van der Waals surface area contributed by atoms with Gasteiger partial charge in [-0.1, -0.05) is 20.3 Å². The van der Waals surface area contributed by atoms with Crippen LogP contribution in [0.2, 0.25) is 0 Å². The third-order valence-corrected chi connectivity index (χ3v) is 8.65. The molecule has 2 atom stereocenters. The molecule has 0 saturated heterocycles. The van der Waals surface area contributed by atoms with E-state index < -0.39 is 6.04 Å². The number of aryl methyl sites for hydroxylation is 1. The third-order valence-electron chi connectivity index (χ3n) is 8.65. The first-order chi connectivity index (χ1) is 23.1. The van der Waals surface area contributed by atoms with Gasteiger partial charge in [0.25, 0.3) is 11.8 Å². The summed E-state index contributed by atoms with van der Waals surface area (Å²) in [5.41, 5.74) is 1.51. The van der Waals surface area contributed by atoms with E-state index in [1.54, 1.807) is 39.8 Å². The zero-order valence-corrected chi connectivity index (χ0v) is 28.3. The fourth-order valence-corrected chi connectivity index (χ4v) is 5.78. The Morgan fingerprint density at radius 2 is 1.60 bits per heavy atom. The van der Waals surface area contributed by atoms with Crippen LogP contribution in [0.15, 0.2) is 35.1 Å². The van der Waals surface area contributed by atoms with E-state index in [9.17, 15) is 24.0 Å². The lowest BCUT2D eigenvalue weighted by Crippen LogP contribution is -2.50. The van der Waals surface area contributed by atoms with Crippen LogP contribution >= 0.6 is 0 Å². The second-order valence-electron chi connectivity index (χ2n) is 11.8. The number of methoxy groups -OCH3 is 3. The topological polar surface area (TPSA) is 173 Å². The number of nitrogens with one attached hydrogen (secondary N) is 4. The van der Waals surface area contributed by atoms with Gasteiger partial charge in [0.15, 0.2) is 11.5 Å². The van der Waals surface area contributed by atoms with Crippen LogP contribution < -0.4 is 35.9 Å². The number of imidazole rings is 1. The fourth-order valence-electron chi connectivity index (χ4n) is 5.78. The van der Waals surface area contributed by atoms with Crippen LogP contribution in [0.5, 0.6) is 17.2 Å². The van der Waals surface area contributed by atoms with Crippen LogP contribution in [0.25, 0.3) is 11.0 Å². The predicted octanol–water partition coefficient (Wildman–Crippen LogP) is 2.45. The van der Waals surface area contributed by atoms with E-state index in [0.717, 1.165) is 0 Å². The van der Waals surface area contributed by atoms with Crippen molar-refractivity contribution in [2.75, 3.05) is 47.5 Å². The molecular formula is C34H46N6O8. The van der Waals surface area contributed by atoms with E-state index in [4.69, 9.17) is 14.2 Å². The molecule has 0 aliphatic carbocycles. The molecule has 0 saturated carbocycles. The Morgan fingerprint density at radius 3 is 2.31 bits per heavy atom. The molecule has 2 bridgehead atoms. The minimum atomic E-state index is -0.735. The van der Waals surface area contributed by atoms with E-state index in [2.05, 4.69) is 20.9 Å². The number of H-pyrrole nitrogens is 1. The molecule has 0 unspecified atom stereocenters. The summed E-state index contributed by atoms with van der Waals surface area (Å²) in [5, 5.41) is 8.69. The number of ether oxygens (including phenoxy) is 3. The molecule has 1 aliphatic heterocycles. The van der Waals surface area contributed by atoms with Crippen molar-refractivity contribution in [2.24, 2.45) is 5.92 Å². The number of carbonyl (C=O) groups is 4. The number of rotatable bonds is 6. The average Bonchev–Trinajstić information content (AvgIpc) is 3.41. The van der Waals surface area contributed by atoms with E-state index in [-0.39, 0.29) is 84.9 Å². The number of benzene rings is 2. The minimum absolute atomic E-state index is 0.0891. The van der Waals surface area contributed by atoms with Crippen molar-refractivity contribution in [3.8, 4) is 17.2 Å². The van der Waals surface area contributed by atoms with E-state index in [1.807, 2.05) is 13.8 Å². The second kappa shape index (κ2) is 16.7. The number of hydrogen-bond acceptors (Lipinski definition) is 8. The minimum Gasteiger partial charge on any atom is -0.493 e. The van der Waals surface area contributed by atoms with Crippen LogP contribution in [0.1, 0.15) is 66.7 Å². The average molecular weight is 667 g/mol. The molecule has 48 heavy (non-hydrogen) atoms. The van der Waals surface area contributed by atoms with Crippen molar-refractivity contribution >= 4 is 34.7 Å². The zero-order valence-electron chi connectivity index (χ0n) is 28.3. The number of aromatic amines is 1. The van der Waals surface area contributed by atoms with Crippen molar-refractivity contribution in [3.63, 3.8) is 0 Å². The van der Waals surface area contributed by atoms with Gasteiger partial charge in [-0.15, -0.1) is 0 Å². The summed E-state index contributed by atoms with van der Waals surface area (Å²) in [4.78, 5) is 70.4. The maximum Gasteiger partial charge on any atom is 0.326 e. The number of nitrogens with zero attached hydrogens (tertiary/aromatic N) is 2. The Balaban J connectivity index is 1.61. The van der Waals surface area contributed by atoms with Crippen LogP contribution in [0, 0.1) is 5.92 Å². The molecule has 260 valence electrons. The van der Waals surface area contributed by atoms with Gasteiger partial charge < -0.3 is 40.0 Å². The number of carbonyl (C=O) groups excluding carboxylic acids is 4. The summed E-state index contributed by atoms with van der Waals surface area (Å²) >= 11 is 0. The number of aromatic nitrogens is 2. The fraction of sp³-hybridized carbons (Fsp3) is 0.500. The molecule has 4 amide bonds. The molecule has 4 N–H and O–H groups in total. The molecule has 2 aromatic carbocycles. The highest BCUT2D eigenvalue weighted by Crippen LogP contribution is 2.40. The standard InChI is InChI=1S/C34H46N6O8/c1-6-21(2)28-32(43)36-16-9-19-40-25-20-22(11-13-24(25)37-34(40)45)31(42)35-15-8-18-39(17-7-10-27(41)38-28)33(44)23-12-14-26(46-3)30(48-5)29(23)47-4/h11-14,20-21,28H,6-10,15-19H2,1-5H3,(H,35,42)(H,36,43)(H,37,45)(H,38,41)/t21-,28-/m0/s1. The molecule has 14 nitrogen and oxygen atoms in total. The molecule has 1 aromatic heterocycles. The van der Waals surface area contributed by atoms with Crippen LogP contribution in [-0.4, -0.2) is 91.6 Å². The Kier molecular flexibility index (Phi) is 12.5. The SMILES string of the molecule is CC[C@H](C)[C@@H]1NC(=O)CCCN(C(=O)c2ccc(OC)c(OC)c2OC)CCCNC(=O)c2ccc3[nH]c(=O)n(c3c2)CCCNC1=O. The Labute approximate surface area is 279 Å². The quantitative estimate of drug-likeness (QED) is 0.311. The first kappa shape index (κ1) is 35.8. The van der Waals surface area contributed by atoms with Crippen molar-refractivity contribution in [2.45, 2.75) is 58.5 Å². The summed E-state index contributed by atoms with van der Waals surface area (Å²) in [6.07, 6.45) is 1.98. The maximum absolute atomic E-state index is 13.9. The van der Waals surface area contributed by atoms with Gasteiger partial charge in [-0.2, -0.15) is 0 Å². The lowest BCUT2D eigenvalue weighted by Gasteiger charge is -2.26. The van der Waals surface area contributed by atoms with Gasteiger partial charge in [-0.05, 0) is 55.5 Å². The van der Waals surface area contributed by atoms with E-state index in [1.165, 1.54) is 21.3 Å². The molecule has 0 spiro atoms. The van der Waals surface area contributed by atoms with Gasteiger partial charge in [-0.3, -0.25) is 23.7 Å². The van der Waals surface area contributed by atoms with Crippen molar-refractivity contribution in [1.82, 2.24) is 30.4 Å². The maximum atomic E-state index is 13.9. The van der Waals surface area contributed by atoms with Crippen molar-refractivity contribution in [3.05, 3.63) is 51.9 Å². The highest BCUT2D eigenvalue weighted by atomic mass is 16.5. The molecule has 14 heteroatoms.